The van der Waals surface area contributed by atoms with Crippen molar-refractivity contribution in [1.82, 2.24) is 5.32 Å². The summed E-state index contributed by atoms with van der Waals surface area (Å²) in [7, 11) is 0. The average Bonchev–Trinajstić information content (AvgIpc) is 2.59. The molecule has 2 rings (SSSR count). The molecule has 25 heavy (non-hydrogen) atoms. The molecular formula is C17H16Cl2N2O4. The van der Waals surface area contributed by atoms with Crippen LogP contribution in [0, 0.1) is 10.1 Å². The van der Waals surface area contributed by atoms with Crippen molar-refractivity contribution in [2.24, 2.45) is 0 Å². The number of benzene rings is 2. The van der Waals surface area contributed by atoms with Crippen molar-refractivity contribution < 1.29 is 14.5 Å². The Morgan fingerprint density at radius 1 is 1.20 bits per heavy atom. The van der Waals surface area contributed by atoms with Gasteiger partial charge in [-0.15, -0.1) is 0 Å². The Balaban J connectivity index is 2.00. The van der Waals surface area contributed by atoms with Crippen LogP contribution >= 0.6 is 23.2 Å². The van der Waals surface area contributed by atoms with Crippen LogP contribution in [-0.4, -0.2) is 17.4 Å². The van der Waals surface area contributed by atoms with Gasteiger partial charge in [-0.05, 0) is 36.2 Å². The molecule has 1 unspecified atom stereocenters. The molecule has 1 atom stereocenters. The highest BCUT2D eigenvalue weighted by molar-refractivity contribution is 6.31. The maximum Gasteiger partial charge on any atom is 0.312 e. The number of ether oxygens (including phenoxy) is 1. The second-order valence-electron chi connectivity index (χ2n) is 5.24. The molecule has 0 aliphatic rings. The molecule has 2 aromatic rings. The number of carbonyl (C=O) groups excluding carboxylic acids is 1. The Kier molecular flexibility index (Phi) is 6.61. The highest BCUT2D eigenvalue weighted by atomic mass is 35.5. The summed E-state index contributed by atoms with van der Waals surface area (Å²) in [6.45, 7) is 1.59. The number of carbonyl (C=O) groups is 1. The van der Waals surface area contributed by atoms with Crippen molar-refractivity contribution in [3.05, 3.63) is 68.2 Å². The van der Waals surface area contributed by atoms with E-state index < -0.39 is 4.92 Å². The normalized spacial score (nSPS) is 11.6. The lowest BCUT2D eigenvalue weighted by Gasteiger charge is -2.17. The minimum absolute atomic E-state index is 0.0101. The van der Waals surface area contributed by atoms with E-state index in [1.54, 1.807) is 12.1 Å². The van der Waals surface area contributed by atoms with Crippen LogP contribution in [0.2, 0.25) is 10.0 Å². The van der Waals surface area contributed by atoms with Crippen molar-refractivity contribution in [3.63, 3.8) is 0 Å². The number of nitrogens with one attached hydrogen (secondary N) is 1. The number of nitro benzene ring substituents is 1. The maximum atomic E-state index is 12.1. The second kappa shape index (κ2) is 8.69. The van der Waals surface area contributed by atoms with Gasteiger partial charge in [0.25, 0.3) is 5.91 Å². The smallest absolute Gasteiger partial charge is 0.312 e. The molecule has 1 N–H and O–H groups in total. The van der Waals surface area contributed by atoms with Gasteiger partial charge in [0, 0.05) is 16.1 Å². The Morgan fingerprint density at radius 2 is 1.84 bits per heavy atom. The summed E-state index contributed by atoms with van der Waals surface area (Å²) in [6.07, 6.45) is 0.675. The summed E-state index contributed by atoms with van der Waals surface area (Å²) in [6, 6.07) is 11.0. The third-order valence-electron chi connectivity index (χ3n) is 3.49. The number of hydrogen-bond acceptors (Lipinski definition) is 4. The van der Waals surface area contributed by atoms with Crippen LogP contribution in [0.3, 0.4) is 0 Å². The fourth-order valence-corrected chi connectivity index (χ4v) is 2.54. The van der Waals surface area contributed by atoms with Gasteiger partial charge in [0.05, 0.1) is 11.0 Å². The van der Waals surface area contributed by atoms with E-state index in [-0.39, 0.29) is 35.0 Å². The first-order chi connectivity index (χ1) is 11.9. The summed E-state index contributed by atoms with van der Waals surface area (Å²) >= 11 is 11.6. The van der Waals surface area contributed by atoms with E-state index in [4.69, 9.17) is 27.9 Å². The summed E-state index contributed by atoms with van der Waals surface area (Å²) in [5, 5.41) is 14.7. The van der Waals surface area contributed by atoms with Crippen molar-refractivity contribution >= 4 is 34.8 Å². The molecule has 0 aliphatic heterocycles. The lowest BCUT2D eigenvalue weighted by atomic mass is 10.0. The van der Waals surface area contributed by atoms with Gasteiger partial charge in [0.1, 0.15) is 0 Å². The van der Waals surface area contributed by atoms with Gasteiger partial charge in [-0.2, -0.15) is 0 Å². The Hall–Kier alpha value is -2.31. The zero-order valence-electron chi connectivity index (χ0n) is 13.4. The van der Waals surface area contributed by atoms with E-state index in [1.165, 1.54) is 18.2 Å². The van der Waals surface area contributed by atoms with Gasteiger partial charge in [0.2, 0.25) is 0 Å². The Morgan fingerprint density at radius 3 is 2.44 bits per heavy atom. The molecule has 1 amide bonds. The van der Waals surface area contributed by atoms with Crippen LogP contribution < -0.4 is 10.1 Å². The first kappa shape index (κ1) is 19.0. The quantitative estimate of drug-likeness (QED) is 0.562. The monoisotopic (exact) mass is 382 g/mol. The molecule has 0 saturated carbocycles. The molecule has 0 aromatic heterocycles. The maximum absolute atomic E-state index is 12.1. The Bertz CT molecular complexity index is 766. The van der Waals surface area contributed by atoms with E-state index in [1.807, 2.05) is 19.1 Å². The molecule has 0 heterocycles. The highest BCUT2D eigenvalue weighted by Gasteiger charge is 2.18. The molecule has 6 nitrogen and oxygen atoms in total. The molecule has 0 saturated heterocycles. The molecule has 2 aromatic carbocycles. The number of nitrogens with zero attached hydrogens (tertiary/aromatic N) is 1. The number of nitro groups is 1. The number of halogens is 2. The van der Waals surface area contributed by atoms with E-state index in [9.17, 15) is 14.9 Å². The predicted molar refractivity (Wildman–Crippen MR) is 96.2 cm³/mol. The number of amides is 1. The molecule has 8 heteroatoms. The summed E-state index contributed by atoms with van der Waals surface area (Å²) in [4.78, 5) is 22.5. The fourth-order valence-electron chi connectivity index (χ4n) is 2.25. The van der Waals surface area contributed by atoms with E-state index >= 15 is 0 Å². The average molecular weight is 383 g/mol. The van der Waals surface area contributed by atoms with Gasteiger partial charge < -0.3 is 10.1 Å². The first-order valence-corrected chi connectivity index (χ1v) is 8.28. The third kappa shape index (κ3) is 5.34. The molecule has 0 aliphatic carbocycles. The summed E-state index contributed by atoms with van der Waals surface area (Å²) < 4.78 is 5.28. The molecule has 0 radical (unpaired) electrons. The van der Waals surface area contributed by atoms with Crippen LogP contribution in [0.25, 0.3) is 0 Å². The second-order valence-corrected chi connectivity index (χ2v) is 6.11. The number of rotatable bonds is 7. The van der Waals surface area contributed by atoms with Crippen molar-refractivity contribution in [2.45, 2.75) is 19.4 Å². The molecule has 0 bridgehead atoms. The zero-order valence-corrected chi connectivity index (χ0v) is 14.9. The van der Waals surface area contributed by atoms with Crippen molar-refractivity contribution in [3.8, 4) is 5.75 Å². The largest absolute Gasteiger partial charge is 0.477 e. The molecule has 132 valence electrons. The minimum atomic E-state index is -0.609. The lowest BCUT2D eigenvalue weighted by molar-refractivity contribution is -0.385. The standard InChI is InChI=1S/C17H16Cl2N2O4/c1-2-14(11-3-5-12(18)6-4-11)20-17(22)10-25-16-8-7-13(19)9-15(16)21(23)24/h3-9,14H,2,10H2,1H3,(H,20,22). The topological polar surface area (TPSA) is 81.5 Å². The van der Waals surface area contributed by atoms with Crippen molar-refractivity contribution in [2.75, 3.05) is 6.61 Å². The van der Waals surface area contributed by atoms with E-state index in [0.29, 0.717) is 11.4 Å². The van der Waals surface area contributed by atoms with Crippen LogP contribution in [-0.2, 0) is 4.79 Å². The third-order valence-corrected chi connectivity index (χ3v) is 3.98. The summed E-state index contributed by atoms with van der Waals surface area (Å²) in [5.41, 5.74) is 0.628. The SMILES string of the molecule is CCC(NC(=O)COc1ccc(Cl)cc1[N+](=O)[O-])c1ccc(Cl)cc1. The minimum Gasteiger partial charge on any atom is -0.477 e. The lowest BCUT2D eigenvalue weighted by Crippen LogP contribution is -2.32. The van der Waals surface area contributed by atoms with E-state index in [0.717, 1.165) is 5.56 Å². The van der Waals surface area contributed by atoms with Gasteiger partial charge in [-0.1, -0.05) is 42.3 Å². The van der Waals surface area contributed by atoms with Crippen LogP contribution in [0.15, 0.2) is 42.5 Å². The van der Waals surface area contributed by atoms with Gasteiger partial charge >= 0.3 is 5.69 Å². The summed E-state index contributed by atoms with van der Waals surface area (Å²) in [5.74, 6) is -0.393. The zero-order chi connectivity index (χ0) is 18.4. The Labute approximate surface area is 154 Å². The van der Waals surface area contributed by atoms with Gasteiger partial charge in [-0.25, -0.2) is 0 Å². The van der Waals surface area contributed by atoms with Crippen LogP contribution in [0.4, 0.5) is 5.69 Å². The molecular weight excluding hydrogens is 367 g/mol. The fraction of sp³-hybridized carbons (Fsp3) is 0.235. The van der Waals surface area contributed by atoms with Crippen LogP contribution in [0.5, 0.6) is 5.75 Å². The molecule has 0 fully saturated rings. The van der Waals surface area contributed by atoms with Gasteiger partial charge in [0.15, 0.2) is 12.4 Å². The highest BCUT2D eigenvalue weighted by Crippen LogP contribution is 2.29. The molecule has 0 spiro atoms. The van der Waals surface area contributed by atoms with Crippen LogP contribution in [0.1, 0.15) is 24.9 Å². The first-order valence-electron chi connectivity index (χ1n) is 7.52. The van der Waals surface area contributed by atoms with Crippen molar-refractivity contribution in [1.29, 1.82) is 0 Å². The van der Waals surface area contributed by atoms with Gasteiger partial charge in [-0.3, -0.25) is 14.9 Å². The van der Waals surface area contributed by atoms with E-state index in [2.05, 4.69) is 5.32 Å². The predicted octanol–water partition coefficient (Wildman–Crippen LogP) is 4.55. The number of hydrogen-bond donors (Lipinski definition) is 1.